The summed E-state index contributed by atoms with van der Waals surface area (Å²) in [6.07, 6.45) is 3.54. The molecule has 2 unspecified atom stereocenters. The van der Waals surface area contributed by atoms with Crippen molar-refractivity contribution < 1.29 is 24.0 Å². The molecule has 1 aliphatic heterocycles. The van der Waals surface area contributed by atoms with E-state index in [2.05, 4.69) is 4.99 Å². The van der Waals surface area contributed by atoms with Crippen LogP contribution in [-0.4, -0.2) is 36.3 Å². The van der Waals surface area contributed by atoms with E-state index in [1.807, 2.05) is 36.4 Å². The van der Waals surface area contributed by atoms with Crippen molar-refractivity contribution in [2.24, 2.45) is 10.9 Å². The van der Waals surface area contributed by atoms with Crippen molar-refractivity contribution in [3.63, 3.8) is 0 Å². The third-order valence-corrected chi connectivity index (χ3v) is 5.36. The molecule has 8 heteroatoms. The number of carbonyl (C=O) groups excluding carboxylic acids is 2. The largest absolute Gasteiger partial charge is 0.468 e. The highest BCUT2D eigenvalue weighted by Crippen LogP contribution is 2.40. The number of non-ortho nitro benzene ring substituents is 1. The Kier molecular flexibility index (Phi) is 7.50. The Balaban J connectivity index is 1.95. The van der Waals surface area contributed by atoms with Gasteiger partial charge in [0.1, 0.15) is 12.5 Å². The molecule has 0 aromatic heterocycles. The normalized spacial score (nSPS) is 18.1. The molecule has 2 atom stereocenters. The van der Waals surface area contributed by atoms with Crippen LogP contribution in [0.15, 0.2) is 76.9 Å². The summed E-state index contributed by atoms with van der Waals surface area (Å²) < 4.78 is 10.4. The Labute approximate surface area is 191 Å². The lowest BCUT2D eigenvalue weighted by Gasteiger charge is -2.31. The molecule has 0 bridgehead atoms. The average molecular weight is 448 g/mol. The van der Waals surface area contributed by atoms with Crippen molar-refractivity contribution in [3.8, 4) is 0 Å². The first-order valence-electron chi connectivity index (χ1n) is 10.3. The molecule has 170 valence electrons. The summed E-state index contributed by atoms with van der Waals surface area (Å²) >= 11 is 0. The van der Waals surface area contributed by atoms with E-state index in [1.54, 1.807) is 26.0 Å². The molecular formula is C25H24N2O6. The fourth-order valence-corrected chi connectivity index (χ4v) is 3.88. The van der Waals surface area contributed by atoms with Gasteiger partial charge in [0, 0.05) is 29.5 Å². The number of nitro benzene ring substituents is 1. The highest BCUT2D eigenvalue weighted by Gasteiger charge is 2.42. The SMILES string of the molecule is COC(=O)C1C(C)=NC(C)=C(C(=O)OCC=Cc2ccccc2)C1c1cccc([N+](=O)[O-])c1. The summed E-state index contributed by atoms with van der Waals surface area (Å²) in [6.45, 7) is 3.33. The molecule has 0 radical (unpaired) electrons. The zero-order chi connectivity index (χ0) is 24.0. The summed E-state index contributed by atoms with van der Waals surface area (Å²) in [7, 11) is 1.25. The van der Waals surface area contributed by atoms with E-state index in [1.165, 1.54) is 25.3 Å². The lowest BCUT2D eigenvalue weighted by molar-refractivity contribution is -0.384. The number of benzene rings is 2. The average Bonchev–Trinajstić information content (AvgIpc) is 2.81. The van der Waals surface area contributed by atoms with Gasteiger partial charge in [0.15, 0.2) is 0 Å². The molecule has 0 saturated heterocycles. The second kappa shape index (κ2) is 10.5. The van der Waals surface area contributed by atoms with Crippen LogP contribution in [0.4, 0.5) is 5.69 Å². The van der Waals surface area contributed by atoms with E-state index in [-0.39, 0.29) is 17.9 Å². The van der Waals surface area contributed by atoms with Crippen LogP contribution in [0.1, 0.15) is 30.9 Å². The Bertz CT molecular complexity index is 1150. The van der Waals surface area contributed by atoms with E-state index in [9.17, 15) is 19.7 Å². The van der Waals surface area contributed by atoms with Crippen LogP contribution < -0.4 is 0 Å². The van der Waals surface area contributed by atoms with Gasteiger partial charge in [-0.2, -0.15) is 0 Å². The van der Waals surface area contributed by atoms with Gasteiger partial charge >= 0.3 is 11.9 Å². The molecule has 2 aromatic rings. The number of methoxy groups -OCH3 is 1. The highest BCUT2D eigenvalue weighted by atomic mass is 16.6. The van der Waals surface area contributed by atoms with E-state index in [0.717, 1.165) is 5.56 Å². The van der Waals surface area contributed by atoms with Gasteiger partial charge in [-0.25, -0.2) is 4.79 Å². The zero-order valence-corrected chi connectivity index (χ0v) is 18.6. The van der Waals surface area contributed by atoms with Gasteiger partial charge in [0.05, 0.1) is 17.6 Å². The van der Waals surface area contributed by atoms with Gasteiger partial charge in [0.2, 0.25) is 0 Å². The van der Waals surface area contributed by atoms with E-state index in [0.29, 0.717) is 17.0 Å². The van der Waals surface area contributed by atoms with Crippen molar-refractivity contribution in [2.45, 2.75) is 19.8 Å². The van der Waals surface area contributed by atoms with Crippen LogP contribution in [0.25, 0.3) is 6.08 Å². The van der Waals surface area contributed by atoms with Crippen molar-refractivity contribution in [3.05, 3.63) is 93.2 Å². The topological polar surface area (TPSA) is 108 Å². The summed E-state index contributed by atoms with van der Waals surface area (Å²) in [5, 5.41) is 11.3. The molecule has 1 heterocycles. The monoisotopic (exact) mass is 448 g/mol. The number of allylic oxidation sites excluding steroid dienone is 1. The number of hydrogen-bond donors (Lipinski definition) is 0. The summed E-state index contributed by atoms with van der Waals surface area (Å²) in [6, 6.07) is 15.4. The predicted octanol–water partition coefficient (Wildman–Crippen LogP) is 4.47. The Morgan fingerprint density at radius 2 is 1.85 bits per heavy atom. The standard InChI is InChI=1S/C25H24N2O6/c1-16-21(24(28)32-3)23(19-12-7-13-20(15-19)27(30)31)22(17(2)26-16)25(29)33-14-8-11-18-9-5-4-6-10-18/h4-13,15,21,23H,14H2,1-3H3. The number of rotatable bonds is 7. The fourth-order valence-electron chi connectivity index (χ4n) is 3.88. The lowest BCUT2D eigenvalue weighted by Crippen LogP contribution is -2.36. The number of hydrogen-bond acceptors (Lipinski definition) is 7. The van der Waals surface area contributed by atoms with Gasteiger partial charge in [-0.3, -0.25) is 19.9 Å². The third-order valence-electron chi connectivity index (χ3n) is 5.36. The molecule has 0 saturated carbocycles. The number of carbonyl (C=O) groups is 2. The van der Waals surface area contributed by atoms with Crippen LogP contribution >= 0.6 is 0 Å². The first kappa shape index (κ1) is 23.6. The van der Waals surface area contributed by atoms with Crippen LogP contribution in [0, 0.1) is 16.0 Å². The van der Waals surface area contributed by atoms with Crippen LogP contribution in [0.2, 0.25) is 0 Å². The van der Waals surface area contributed by atoms with Crippen molar-refractivity contribution in [2.75, 3.05) is 13.7 Å². The number of esters is 2. The molecule has 0 spiro atoms. The van der Waals surface area contributed by atoms with Crippen molar-refractivity contribution >= 4 is 29.4 Å². The molecule has 0 aliphatic carbocycles. The Hall–Kier alpha value is -4.07. The van der Waals surface area contributed by atoms with Gasteiger partial charge < -0.3 is 9.47 Å². The van der Waals surface area contributed by atoms with E-state index < -0.39 is 28.7 Å². The number of aliphatic imine (C=N–C) groups is 1. The first-order valence-corrected chi connectivity index (χ1v) is 10.3. The molecule has 33 heavy (non-hydrogen) atoms. The molecule has 1 aliphatic rings. The summed E-state index contributed by atoms with van der Waals surface area (Å²) in [5.41, 5.74) is 2.26. The molecule has 2 aromatic carbocycles. The van der Waals surface area contributed by atoms with E-state index >= 15 is 0 Å². The quantitative estimate of drug-likeness (QED) is 0.351. The van der Waals surface area contributed by atoms with Gasteiger partial charge in [-0.1, -0.05) is 48.5 Å². The minimum Gasteiger partial charge on any atom is -0.468 e. The molecule has 0 fully saturated rings. The summed E-state index contributed by atoms with van der Waals surface area (Å²) in [4.78, 5) is 41.0. The van der Waals surface area contributed by atoms with Crippen LogP contribution in [-0.2, 0) is 19.1 Å². The molecular weight excluding hydrogens is 424 g/mol. The summed E-state index contributed by atoms with van der Waals surface area (Å²) in [5.74, 6) is -2.98. The second-order valence-corrected chi connectivity index (χ2v) is 7.49. The lowest BCUT2D eigenvalue weighted by atomic mass is 9.75. The number of ether oxygens (including phenoxy) is 2. The minimum atomic E-state index is -0.914. The minimum absolute atomic E-state index is 0.0117. The van der Waals surface area contributed by atoms with Crippen molar-refractivity contribution in [1.29, 1.82) is 0 Å². The van der Waals surface area contributed by atoms with Gasteiger partial charge in [0.25, 0.3) is 5.69 Å². The maximum atomic E-state index is 13.1. The smallest absolute Gasteiger partial charge is 0.336 e. The number of nitro groups is 1. The third kappa shape index (κ3) is 5.41. The van der Waals surface area contributed by atoms with Gasteiger partial charge in [-0.05, 0) is 31.1 Å². The van der Waals surface area contributed by atoms with Gasteiger partial charge in [-0.15, -0.1) is 0 Å². The zero-order valence-electron chi connectivity index (χ0n) is 18.6. The maximum absolute atomic E-state index is 13.1. The first-order chi connectivity index (χ1) is 15.8. The fraction of sp³-hybridized carbons (Fsp3) is 0.240. The second-order valence-electron chi connectivity index (χ2n) is 7.49. The van der Waals surface area contributed by atoms with Crippen LogP contribution in [0.5, 0.6) is 0 Å². The molecule has 8 nitrogen and oxygen atoms in total. The molecule has 0 amide bonds. The molecule has 0 N–H and O–H groups in total. The van der Waals surface area contributed by atoms with Crippen molar-refractivity contribution in [1.82, 2.24) is 0 Å². The Morgan fingerprint density at radius 3 is 2.52 bits per heavy atom. The van der Waals surface area contributed by atoms with E-state index in [4.69, 9.17) is 9.47 Å². The Morgan fingerprint density at radius 1 is 1.12 bits per heavy atom. The highest BCUT2D eigenvalue weighted by molar-refractivity contribution is 6.07. The van der Waals surface area contributed by atoms with Crippen LogP contribution in [0.3, 0.4) is 0 Å². The predicted molar refractivity (Wildman–Crippen MR) is 124 cm³/mol. The maximum Gasteiger partial charge on any atom is 0.336 e. The number of nitrogens with zero attached hydrogens (tertiary/aromatic N) is 2. The molecule has 3 rings (SSSR count).